The predicted octanol–water partition coefficient (Wildman–Crippen LogP) is 3.23. The number of hydrogen-bond acceptors (Lipinski definition) is 8. The lowest BCUT2D eigenvalue weighted by atomic mass is 10.1. The van der Waals surface area contributed by atoms with Crippen LogP contribution in [0, 0.1) is 0 Å². The summed E-state index contributed by atoms with van der Waals surface area (Å²) in [6.45, 7) is 5.37. The van der Waals surface area contributed by atoms with Crippen LogP contribution < -0.4 is 20.4 Å². The molecule has 34 heavy (non-hydrogen) atoms. The molecule has 2 heterocycles. The van der Waals surface area contributed by atoms with Crippen LogP contribution in [0.3, 0.4) is 0 Å². The second kappa shape index (κ2) is 12.7. The molecule has 0 unspecified atom stereocenters. The van der Waals surface area contributed by atoms with E-state index in [1.54, 1.807) is 25.7 Å². The molecule has 2 amide bonds. The zero-order valence-corrected chi connectivity index (χ0v) is 21.2. The molecule has 10 heteroatoms. The van der Waals surface area contributed by atoms with Crippen LogP contribution in [-0.4, -0.2) is 77.0 Å². The molecule has 1 aromatic heterocycles. The summed E-state index contributed by atoms with van der Waals surface area (Å²) in [5, 5.41) is 8.28. The normalized spacial score (nSPS) is 15.4. The molecule has 186 valence electrons. The van der Waals surface area contributed by atoms with E-state index in [2.05, 4.69) is 20.5 Å². The van der Waals surface area contributed by atoms with Crippen LogP contribution in [0.4, 0.5) is 16.5 Å². The molecule has 0 radical (unpaired) electrons. The van der Waals surface area contributed by atoms with Crippen LogP contribution in [0.15, 0.2) is 23.6 Å². The molecule has 1 saturated heterocycles. The molecule has 1 aliphatic rings. The second-order valence-electron chi connectivity index (χ2n) is 8.31. The molecule has 0 spiro atoms. The highest BCUT2D eigenvalue weighted by Crippen LogP contribution is 2.30. The molecule has 2 aromatic rings. The van der Waals surface area contributed by atoms with Gasteiger partial charge in [-0.1, -0.05) is 6.92 Å². The number of carbonyl (C=O) groups excluding carboxylic acids is 2. The Morgan fingerprint density at radius 2 is 2.09 bits per heavy atom. The minimum atomic E-state index is -0.349. The number of methoxy groups -OCH3 is 2. The van der Waals surface area contributed by atoms with Crippen LogP contribution in [0.5, 0.6) is 0 Å². The van der Waals surface area contributed by atoms with Gasteiger partial charge < -0.3 is 29.9 Å². The van der Waals surface area contributed by atoms with Crippen molar-refractivity contribution in [3.63, 3.8) is 0 Å². The standard InChI is InChI=1S/C24H35N5O4S/c1-5-10-25-22(30)19-14-17(29-11-6-7-18(29)15-33-4)8-9-20(19)26-23(31)21-16-34-24(27-21)28(2)12-13-32-3/h8-9,14,16,18H,5-7,10-13,15H2,1-4H3,(H,25,30)(H,26,31)/t18-/m1/s1. The molecule has 1 aromatic carbocycles. The average molecular weight is 490 g/mol. The Hall–Kier alpha value is -2.69. The number of nitrogens with one attached hydrogen (secondary N) is 2. The Bertz CT molecular complexity index is 967. The number of carbonyl (C=O) groups is 2. The van der Waals surface area contributed by atoms with Crippen molar-refractivity contribution in [1.82, 2.24) is 10.3 Å². The topological polar surface area (TPSA) is 96.0 Å². The molecule has 3 rings (SSSR count). The monoisotopic (exact) mass is 489 g/mol. The maximum atomic E-state index is 13.0. The minimum absolute atomic E-state index is 0.209. The van der Waals surface area contributed by atoms with Gasteiger partial charge in [-0.05, 0) is 37.5 Å². The van der Waals surface area contributed by atoms with Crippen LogP contribution in [0.25, 0.3) is 0 Å². The molecule has 0 bridgehead atoms. The highest BCUT2D eigenvalue weighted by Gasteiger charge is 2.26. The summed E-state index contributed by atoms with van der Waals surface area (Å²) in [5.74, 6) is -0.557. The number of benzene rings is 1. The van der Waals surface area contributed by atoms with E-state index in [1.807, 2.05) is 31.0 Å². The summed E-state index contributed by atoms with van der Waals surface area (Å²) in [4.78, 5) is 34.6. The number of hydrogen-bond donors (Lipinski definition) is 2. The smallest absolute Gasteiger partial charge is 0.275 e. The maximum absolute atomic E-state index is 13.0. The van der Waals surface area contributed by atoms with Crippen molar-refractivity contribution in [1.29, 1.82) is 0 Å². The Morgan fingerprint density at radius 3 is 2.82 bits per heavy atom. The summed E-state index contributed by atoms with van der Waals surface area (Å²) < 4.78 is 10.5. The Morgan fingerprint density at radius 1 is 1.26 bits per heavy atom. The van der Waals surface area contributed by atoms with Gasteiger partial charge in [0.1, 0.15) is 5.69 Å². The molecule has 1 aliphatic heterocycles. The molecular weight excluding hydrogens is 454 g/mol. The number of anilines is 3. The number of nitrogens with zero attached hydrogens (tertiary/aromatic N) is 3. The third kappa shape index (κ3) is 6.46. The molecule has 0 aliphatic carbocycles. The van der Waals surface area contributed by atoms with E-state index in [4.69, 9.17) is 9.47 Å². The van der Waals surface area contributed by atoms with Gasteiger partial charge in [0.15, 0.2) is 5.13 Å². The number of likely N-dealkylation sites (N-methyl/N-ethyl adjacent to an activating group) is 1. The van der Waals surface area contributed by atoms with Gasteiger partial charge in [-0.2, -0.15) is 0 Å². The maximum Gasteiger partial charge on any atom is 0.275 e. The quantitative estimate of drug-likeness (QED) is 0.473. The summed E-state index contributed by atoms with van der Waals surface area (Å²) in [6.07, 6.45) is 2.96. The molecule has 1 atom stereocenters. The molecular formula is C24H35N5O4S. The minimum Gasteiger partial charge on any atom is -0.383 e. The predicted molar refractivity (Wildman–Crippen MR) is 137 cm³/mol. The molecule has 9 nitrogen and oxygen atoms in total. The van der Waals surface area contributed by atoms with E-state index in [0.717, 1.165) is 36.6 Å². The van der Waals surface area contributed by atoms with E-state index < -0.39 is 0 Å². The Kier molecular flexibility index (Phi) is 9.67. The number of amides is 2. The number of rotatable bonds is 12. The van der Waals surface area contributed by atoms with Gasteiger partial charge in [-0.3, -0.25) is 9.59 Å². The van der Waals surface area contributed by atoms with Gasteiger partial charge in [0.25, 0.3) is 11.8 Å². The van der Waals surface area contributed by atoms with E-state index in [0.29, 0.717) is 43.2 Å². The third-order valence-corrected chi connectivity index (χ3v) is 6.74. The van der Waals surface area contributed by atoms with Gasteiger partial charge >= 0.3 is 0 Å². The van der Waals surface area contributed by atoms with Crippen molar-refractivity contribution < 1.29 is 19.1 Å². The zero-order chi connectivity index (χ0) is 24.5. The number of ether oxygens (including phenoxy) is 2. The fraction of sp³-hybridized carbons (Fsp3) is 0.542. The largest absolute Gasteiger partial charge is 0.383 e. The van der Waals surface area contributed by atoms with Crippen molar-refractivity contribution >= 4 is 39.7 Å². The van der Waals surface area contributed by atoms with Crippen LogP contribution >= 0.6 is 11.3 Å². The van der Waals surface area contributed by atoms with Crippen LogP contribution in [0.2, 0.25) is 0 Å². The highest BCUT2D eigenvalue weighted by atomic mass is 32.1. The van der Waals surface area contributed by atoms with Crippen molar-refractivity contribution in [3.05, 3.63) is 34.8 Å². The van der Waals surface area contributed by atoms with Gasteiger partial charge in [0, 0.05) is 52.0 Å². The van der Waals surface area contributed by atoms with Crippen molar-refractivity contribution in [2.24, 2.45) is 0 Å². The first kappa shape index (κ1) is 25.9. The van der Waals surface area contributed by atoms with Crippen LogP contribution in [0.1, 0.15) is 47.0 Å². The first-order valence-electron chi connectivity index (χ1n) is 11.6. The van der Waals surface area contributed by atoms with E-state index in [-0.39, 0.29) is 17.9 Å². The Labute approximate surface area is 205 Å². The number of thiazole rings is 1. The first-order valence-corrected chi connectivity index (χ1v) is 12.5. The van der Waals surface area contributed by atoms with E-state index in [1.165, 1.54) is 11.3 Å². The summed E-state index contributed by atoms with van der Waals surface area (Å²) in [5.41, 5.74) is 2.17. The molecule has 2 N–H and O–H groups in total. The second-order valence-corrected chi connectivity index (χ2v) is 9.15. The summed E-state index contributed by atoms with van der Waals surface area (Å²) in [6, 6.07) is 5.89. The lowest BCUT2D eigenvalue weighted by Crippen LogP contribution is -2.33. The summed E-state index contributed by atoms with van der Waals surface area (Å²) in [7, 11) is 5.26. The van der Waals surface area contributed by atoms with Gasteiger partial charge in [-0.15, -0.1) is 11.3 Å². The van der Waals surface area contributed by atoms with Crippen LogP contribution in [-0.2, 0) is 9.47 Å². The SMILES string of the molecule is CCCNC(=O)c1cc(N2CCC[C@@H]2COC)ccc1NC(=O)c1csc(N(C)CCOC)n1. The fourth-order valence-corrected chi connectivity index (χ4v) is 4.74. The van der Waals surface area contributed by atoms with Crippen molar-refractivity contribution in [2.45, 2.75) is 32.2 Å². The Balaban J connectivity index is 1.81. The number of aromatic nitrogens is 1. The fourth-order valence-electron chi connectivity index (χ4n) is 3.94. The average Bonchev–Trinajstić information content (AvgIpc) is 3.52. The lowest BCUT2D eigenvalue weighted by molar-refractivity contribution is 0.0954. The first-order chi connectivity index (χ1) is 16.5. The van der Waals surface area contributed by atoms with E-state index >= 15 is 0 Å². The highest BCUT2D eigenvalue weighted by molar-refractivity contribution is 7.13. The lowest BCUT2D eigenvalue weighted by Gasteiger charge is -2.27. The molecule has 0 saturated carbocycles. The van der Waals surface area contributed by atoms with Crippen molar-refractivity contribution in [2.75, 3.05) is 69.2 Å². The van der Waals surface area contributed by atoms with Gasteiger partial charge in [-0.25, -0.2) is 4.98 Å². The summed E-state index contributed by atoms with van der Waals surface area (Å²) >= 11 is 1.39. The van der Waals surface area contributed by atoms with E-state index in [9.17, 15) is 9.59 Å². The third-order valence-electron chi connectivity index (χ3n) is 5.78. The van der Waals surface area contributed by atoms with Crippen molar-refractivity contribution in [3.8, 4) is 0 Å². The van der Waals surface area contributed by atoms with Gasteiger partial charge in [0.05, 0.1) is 30.5 Å². The van der Waals surface area contributed by atoms with Gasteiger partial charge in [0.2, 0.25) is 0 Å². The molecule has 1 fully saturated rings. The zero-order valence-electron chi connectivity index (χ0n) is 20.4.